The van der Waals surface area contributed by atoms with Gasteiger partial charge in [0.1, 0.15) is 0 Å². The standard InChI is InChI=1S/C16H17ClN2O4S2/c17-16-8-2-1-5-13(16)12-24(20,21)18-14-6-3-7-15(11-14)19-9-4-10-25(19,22)23/h1-3,5-8,11,18H,4,9-10,12H2. The van der Waals surface area contributed by atoms with E-state index in [1.165, 1.54) is 10.4 Å². The minimum Gasteiger partial charge on any atom is -0.283 e. The van der Waals surface area contributed by atoms with Crippen molar-refractivity contribution in [3.8, 4) is 0 Å². The number of anilines is 2. The summed E-state index contributed by atoms with van der Waals surface area (Å²) in [7, 11) is -7.00. The molecule has 0 unspecified atom stereocenters. The fourth-order valence-electron chi connectivity index (χ4n) is 2.69. The first-order valence-corrected chi connectivity index (χ1v) is 11.3. The van der Waals surface area contributed by atoms with Gasteiger partial charge in [0.2, 0.25) is 20.0 Å². The molecule has 0 bridgehead atoms. The van der Waals surface area contributed by atoms with Crippen LogP contribution >= 0.6 is 11.6 Å². The third-order valence-corrected chi connectivity index (χ3v) is 7.29. The fraction of sp³-hybridized carbons (Fsp3) is 0.250. The van der Waals surface area contributed by atoms with Crippen molar-refractivity contribution in [2.75, 3.05) is 21.3 Å². The topological polar surface area (TPSA) is 83.6 Å². The zero-order valence-corrected chi connectivity index (χ0v) is 15.6. The molecule has 3 rings (SSSR count). The molecular weight excluding hydrogens is 384 g/mol. The van der Waals surface area contributed by atoms with Gasteiger partial charge in [0.15, 0.2) is 0 Å². The predicted octanol–water partition coefficient (Wildman–Crippen LogP) is 2.82. The third-order valence-electron chi connectivity index (χ3n) is 3.81. The van der Waals surface area contributed by atoms with Gasteiger partial charge in [0.05, 0.1) is 22.9 Å². The minimum absolute atomic E-state index is 0.107. The molecular formula is C16H17ClN2O4S2. The zero-order chi connectivity index (χ0) is 18.1. The maximum absolute atomic E-state index is 12.4. The van der Waals surface area contributed by atoms with Crippen LogP contribution in [0, 0.1) is 0 Å². The van der Waals surface area contributed by atoms with Gasteiger partial charge in [-0.1, -0.05) is 35.9 Å². The largest absolute Gasteiger partial charge is 0.283 e. The summed E-state index contributed by atoms with van der Waals surface area (Å²) in [6.45, 7) is 0.401. The maximum Gasteiger partial charge on any atom is 0.236 e. The first-order chi connectivity index (χ1) is 11.8. The summed E-state index contributed by atoms with van der Waals surface area (Å²) in [5.41, 5.74) is 1.26. The van der Waals surface area contributed by atoms with Gasteiger partial charge in [-0.25, -0.2) is 16.8 Å². The molecule has 6 nitrogen and oxygen atoms in total. The van der Waals surface area contributed by atoms with Crippen LogP contribution in [0.3, 0.4) is 0 Å². The summed E-state index contributed by atoms with van der Waals surface area (Å²) >= 11 is 6.01. The lowest BCUT2D eigenvalue weighted by molar-refractivity contribution is 0.598. The van der Waals surface area contributed by atoms with E-state index in [0.29, 0.717) is 34.9 Å². The van der Waals surface area contributed by atoms with Crippen molar-refractivity contribution in [3.63, 3.8) is 0 Å². The fourth-order valence-corrected chi connectivity index (χ4v) is 5.75. The molecule has 0 spiro atoms. The van der Waals surface area contributed by atoms with Crippen LogP contribution in [0.1, 0.15) is 12.0 Å². The van der Waals surface area contributed by atoms with Gasteiger partial charge in [0, 0.05) is 11.6 Å². The zero-order valence-electron chi connectivity index (χ0n) is 13.2. The second-order valence-electron chi connectivity index (χ2n) is 5.74. The van der Waals surface area contributed by atoms with Crippen LogP contribution in [0.4, 0.5) is 11.4 Å². The molecule has 9 heteroatoms. The molecule has 1 saturated heterocycles. The van der Waals surface area contributed by atoms with E-state index >= 15 is 0 Å². The van der Waals surface area contributed by atoms with E-state index in [0.717, 1.165) is 0 Å². The highest BCUT2D eigenvalue weighted by Gasteiger charge is 2.28. The Morgan fingerprint density at radius 3 is 2.56 bits per heavy atom. The normalized spacial score (nSPS) is 16.8. The number of rotatable bonds is 5. The molecule has 2 aromatic carbocycles. The first-order valence-electron chi connectivity index (χ1n) is 7.61. The molecule has 25 heavy (non-hydrogen) atoms. The van der Waals surface area contributed by atoms with E-state index in [1.54, 1.807) is 42.5 Å². The van der Waals surface area contributed by atoms with E-state index in [9.17, 15) is 16.8 Å². The van der Waals surface area contributed by atoms with Crippen LogP contribution in [0.5, 0.6) is 0 Å². The summed E-state index contributed by atoms with van der Waals surface area (Å²) in [6, 6.07) is 13.1. The number of nitrogens with one attached hydrogen (secondary N) is 1. The highest BCUT2D eigenvalue weighted by atomic mass is 35.5. The highest BCUT2D eigenvalue weighted by Crippen LogP contribution is 2.27. The molecule has 134 valence electrons. The lowest BCUT2D eigenvalue weighted by Gasteiger charge is -2.18. The molecule has 0 aliphatic carbocycles. The summed E-state index contributed by atoms with van der Waals surface area (Å²) in [6.07, 6.45) is 0.560. The van der Waals surface area contributed by atoms with E-state index < -0.39 is 20.0 Å². The van der Waals surface area contributed by atoms with Crippen LogP contribution < -0.4 is 9.03 Å². The molecule has 1 heterocycles. The van der Waals surface area contributed by atoms with Gasteiger partial charge >= 0.3 is 0 Å². The number of hydrogen-bond donors (Lipinski definition) is 1. The number of hydrogen-bond acceptors (Lipinski definition) is 4. The van der Waals surface area contributed by atoms with Gasteiger partial charge in [-0.15, -0.1) is 0 Å². The summed E-state index contributed by atoms with van der Waals surface area (Å²) in [5, 5.41) is 0.379. The van der Waals surface area contributed by atoms with Crippen LogP contribution in [0.15, 0.2) is 48.5 Å². The molecule has 2 aromatic rings. The summed E-state index contributed by atoms with van der Waals surface area (Å²) in [4.78, 5) is 0. The number of sulfonamides is 2. The van der Waals surface area contributed by atoms with Gasteiger partial charge < -0.3 is 0 Å². The van der Waals surface area contributed by atoms with Gasteiger partial charge in [0.25, 0.3) is 0 Å². The van der Waals surface area contributed by atoms with Gasteiger partial charge in [-0.3, -0.25) is 9.03 Å². The van der Waals surface area contributed by atoms with Crippen molar-refractivity contribution in [2.24, 2.45) is 0 Å². The first kappa shape index (κ1) is 18.0. The Morgan fingerprint density at radius 1 is 1.12 bits per heavy atom. The maximum atomic E-state index is 12.4. The lowest BCUT2D eigenvalue weighted by Crippen LogP contribution is -2.25. The highest BCUT2D eigenvalue weighted by molar-refractivity contribution is 7.93. The Morgan fingerprint density at radius 2 is 1.88 bits per heavy atom. The SMILES string of the molecule is O=S(=O)(Cc1ccccc1Cl)Nc1cccc(N2CCCS2(=O)=O)c1. The van der Waals surface area contributed by atoms with Gasteiger partial charge in [-0.2, -0.15) is 0 Å². The number of nitrogens with zero attached hydrogens (tertiary/aromatic N) is 1. The molecule has 1 fully saturated rings. The van der Waals surface area contributed by atoms with Crippen molar-refractivity contribution in [2.45, 2.75) is 12.2 Å². The van der Waals surface area contributed by atoms with Gasteiger partial charge in [-0.05, 0) is 36.2 Å². The Bertz CT molecular complexity index is 991. The quantitative estimate of drug-likeness (QED) is 0.836. The summed E-state index contributed by atoms with van der Waals surface area (Å²) in [5.74, 6) is -0.158. The second kappa shape index (κ2) is 6.86. The molecule has 1 aliphatic heterocycles. The molecule has 0 saturated carbocycles. The monoisotopic (exact) mass is 400 g/mol. The van der Waals surface area contributed by atoms with Crippen molar-refractivity contribution < 1.29 is 16.8 Å². The van der Waals surface area contributed by atoms with Crippen molar-refractivity contribution >= 4 is 43.0 Å². The van der Waals surface area contributed by atoms with Crippen LogP contribution in [0.2, 0.25) is 5.02 Å². The average Bonchev–Trinajstić information content (AvgIpc) is 2.88. The third kappa shape index (κ3) is 4.26. The Kier molecular flexibility index (Phi) is 4.95. The van der Waals surface area contributed by atoms with Crippen molar-refractivity contribution in [1.29, 1.82) is 0 Å². The molecule has 1 N–H and O–H groups in total. The van der Waals surface area contributed by atoms with E-state index in [4.69, 9.17) is 11.6 Å². The molecule has 0 atom stereocenters. The predicted molar refractivity (Wildman–Crippen MR) is 99.9 cm³/mol. The van der Waals surface area contributed by atoms with Crippen molar-refractivity contribution in [1.82, 2.24) is 0 Å². The number of halogens is 1. The van der Waals surface area contributed by atoms with Crippen LogP contribution in [0.25, 0.3) is 0 Å². The Balaban J connectivity index is 1.81. The smallest absolute Gasteiger partial charge is 0.236 e. The summed E-state index contributed by atoms with van der Waals surface area (Å²) < 4.78 is 52.6. The Labute approximate surface area is 152 Å². The molecule has 0 amide bonds. The van der Waals surface area contributed by atoms with Crippen LogP contribution in [-0.4, -0.2) is 29.1 Å². The average molecular weight is 401 g/mol. The lowest BCUT2D eigenvalue weighted by atomic mass is 10.2. The van der Waals surface area contributed by atoms with E-state index in [1.807, 2.05) is 0 Å². The molecule has 0 aromatic heterocycles. The molecule has 1 aliphatic rings. The van der Waals surface area contributed by atoms with E-state index in [2.05, 4.69) is 4.72 Å². The van der Waals surface area contributed by atoms with Crippen molar-refractivity contribution in [3.05, 3.63) is 59.1 Å². The van der Waals surface area contributed by atoms with Crippen LogP contribution in [-0.2, 0) is 25.8 Å². The second-order valence-corrected chi connectivity index (χ2v) is 9.89. The van der Waals surface area contributed by atoms with E-state index in [-0.39, 0.29) is 11.5 Å². The number of benzene rings is 2. The minimum atomic E-state index is -3.68. The Hall–Kier alpha value is -1.77. The molecule has 0 radical (unpaired) electrons.